The fourth-order valence-electron chi connectivity index (χ4n) is 1.19. The van der Waals surface area contributed by atoms with E-state index in [1.54, 1.807) is 6.92 Å². The molecule has 1 aromatic rings. The van der Waals surface area contributed by atoms with Gasteiger partial charge in [0.05, 0.1) is 6.61 Å². The molecule has 0 atom stereocenters. The van der Waals surface area contributed by atoms with Crippen LogP contribution in [0.15, 0.2) is 6.07 Å². The summed E-state index contributed by atoms with van der Waals surface area (Å²) in [5, 5.41) is 8.66. The molecule has 17 heavy (non-hydrogen) atoms. The summed E-state index contributed by atoms with van der Waals surface area (Å²) in [6.07, 6.45) is -2.91. The molecule has 0 aliphatic rings. The van der Waals surface area contributed by atoms with Crippen molar-refractivity contribution in [1.82, 2.24) is 4.98 Å². The molecule has 0 amide bonds. The van der Waals surface area contributed by atoms with Crippen LogP contribution in [0.25, 0.3) is 0 Å². The molecule has 0 saturated carbocycles. The number of nitrogens with two attached hydrogens (primary N) is 1. The quantitative estimate of drug-likeness (QED) is 0.812. The Hall–Kier alpha value is -2.23. The van der Waals surface area contributed by atoms with Gasteiger partial charge in [-0.2, -0.15) is 5.26 Å². The molecule has 0 radical (unpaired) electrons. The molecule has 0 bridgehead atoms. The van der Waals surface area contributed by atoms with Crippen LogP contribution in [0.4, 0.5) is 14.6 Å². The third-order valence-corrected chi connectivity index (χ3v) is 1.91. The largest absolute Gasteiger partial charge is 0.461 e. The van der Waals surface area contributed by atoms with Crippen molar-refractivity contribution in [3.05, 3.63) is 22.9 Å². The number of nitriles is 1. The Kier molecular flexibility index (Phi) is 3.93. The topological polar surface area (TPSA) is 89.0 Å². The van der Waals surface area contributed by atoms with Crippen LogP contribution in [0.1, 0.15) is 35.0 Å². The van der Waals surface area contributed by atoms with Crippen molar-refractivity contribution in [1.29, 1.82) is 5.26 Å². The third kappa shape index (κ3) is 2.66. The minimum atomic E-state index is -2.91. The Balaban J connectivity index is 3.30. The predicted molar refractivity (Wildman–Crippen MR) is 54.3 cm³/mol. The molecule has 0 aliphatic heterocycles. The van der Waals surface area contributed by atoms with Gasteiger partial charge < -0.3 is 10.5 Å². The predicted octanol–water partition coefficient (Wildman–Crippen LogP) is 1.65. The zero-order chi connectivity index (χ0) is 13.0. The smallest absolute Gasteiger partial charge is 0.357 e. The van der Waals surface area contributed by atoms with Gasteiger partial charge in [-0.15, -0.1) is 0 Å². The van der Waals surface area contributed by atoms with E-state index in [0.29, 0.717) is 0 Å². The normalized spacial score (nSPS) is 10.1. The molecule has 0 aliphatic carbocycles. The van der Waals surface area contributed by atoms with Crippen LogP contribution in [0.5, 0.6) is 0 Å². The van der Waals surface area contributed by atoms with E-state index < -0.39 is 29.3 Å². The van der Waals surface area contributed by atoms with Crippen molar-refractivity contribution in [2.45, 2.75) is 13.3 Å². The first kappa shape index (κ1) is 12.8. The number of carbonyl (C=O) groups is 1. The number of ether oxygens (including phenoxy) is 1. The van der Waals surface area contributed by atoms with Crippen LogP contribution in [-0.2, 0) is 4.74 Å². The summed E-state index contributed by atoms with van der Waals surface area (Å²) in [7, 11) is 0. The maximum Gasteiger partial charge on any atom is 0.357 e. The van der Waals surface area contributed by atoms with Gasteiger partial charge in [0.1, 0.15) is 17.5 Å². The monoisotopic (exact) mass is 241 g/mol. The van der Waals surface area contributed by atoms with Gasteiger partial charge in [0.15, 0.2) is 5.69 Å². The summed E-state index contributed by atoms with van der Waals surface area (Å²) in [5.74, 6) is -1.26. The summed E-state index contributed by atoms with van der Waals surface area (Å²) in [5.41, 5.74) is 3.95. The average Bonchev–Trinajstić information content (AvgIpc) is 2.28. The standard InChI is InChI=1S/C10H9F2N3O2/c1-2-17-10(16)7-3-5(8(11)12)6(4-13)9(14)15-7/h3,8H,2H2,1H3,(H2,14,15). The maximum absolute atomic E-state index is 12.6. The van der Waals surface area contributed by atoms with Crippen LogP contribution in [-0.4, -0.2) is 17.6 Å². The van der Waals surface area contributed by atoms with E-state index in [-0.39, 0.29) is 12.3 Å². The number of nitrogen functional groups attached to an aromatic ring is 1. The van der Waals surface area contributed by atoms with Crippen LogP contribution in [0, 0.1) is 11.3 Å². The van der Waals surface area contributed by atoms with E-state index in [0.717, 1.165) is 6.07 Å². The number of halogens is 2. The molecule has 0 unspecified atom stereocenters. The molecular weight excluding hydrogens is 232 g/mol. The highest BCUT2D eigenvalue weighted by Crippen LogP contribution is 2.26. The van der Waals surface area contributed by atoms with Crippen LogP contribution >= 0.6 is 0 Å². The van der Waals surface area contributed by atoms with Gasteiger partial charge in [-0.1, -0.05) is 0 Å². The van der Waals surface area contributed by atoms with E-state index in [2.05, 4.69) is 9.72 Å². The number of rotatable bonds is 3. The van der Waals surface area contributed by atoms with Gasteiger partial charge in [-0.3, -0.25) is 0 Å². The lowest BCUT2D eigenvalue weighted by Crippen LogP contribution is -2.11. The van der Waals surface area contributed by atoms with Gasteiger partial charge in [0, 0.05) is 5.56 Å². The van der Waals surface area contributed by atoms with Crippen molar-refractivity contribution in [2.75, 3.05) is 12.3 Å². The lowest BCUT2D eigenvalue weighted by Gasteiger charge is -2.08. The Labute approximate surface area is 95.8 Å². The number of hydrogen-bond acceptors (Lipinski definition) is 5. The molecule has 0 saturated heterocycles. The lowest BCUT2D eigenvalue weighted by molar-refractivity contribution is 0.0519. The highest BCUT2D eigenvalue weighted by molar-refractivity contribution is 5.88. The molecule has 1 rings (SSSR count). The Bertz CT molecular complexity index is 483. The van der Waals surface area contributed by atoms with Crippen molar-refractivity contribution in [2.24, 2.45) is 0 Å². The second-order valence-corrected chi connectivity index (χ2v) is 2.99. The molecule has 90 valence electrons. The number of nitrogens with zero attached hydrogens (tertiary/aromatic N) is 2. The number of anilines is 1. The molecule has 1 aromatic heterocycles. The maximum atomic E-state index is 12.6. The zero-order valence-electron chi connectivity index (χ0n) is 8.91. The summed E-state index contributed by atoms with van der Waals surface area (Å²) < 4.78 is 29.9. The second-order valence-electron chi connectivity index (χ2n) is 2.99. The van der Waals surface area contributed by atoms with Crippen LogP contribution < -0.4 is 5.73 Å². The fraction of sp³-hybridized carbons (Fsp3) is 0.300. The lowest BCUT2D eigenvalue weighted by atomic mass is 10.1. The van der Waals surface area contributed by atoms with Crippen LogP contribution in [0.2, 0.25) is 0 Å². The summed E-state index contributed by atoms with van der Waals surface area (Å²) >= 11 is 0. The number of pyridine rings is 1. The van der Waals surface area contributed by atoms with Gasteiger partial charge in [0.2, 0.25) is 0 Å². The van der Waals surface area contributed by atoms with Crippen molar-refractivity contribution in [3.8, 4) is 6.07 Å². The molecule has 7 heteroatoms. The number of carbonyl (C=O) groups excluding carboxylic acids is 1. The molecule has 1 heterocycles. The first-order valence-corrected chi connectivity index (χ1v) is 4.67. The number of aromatic nitrogens is 1. The SMILES string of the molecule is CCOC(=O)c1cc(C(F)F)c(C#N)c(N)n1. The Morgan fingerprint density at radius 2 is 2.35 bits per heavy atom. The molecule has 0 fully saturated rings. The number of alkyl halides is 2. The number of hydrogen-bond donors (Lipinski definition) is 1. The average molecular weight is 241 g/mol. The second kappa shape index (κ2) is 5.21. The Morgan fingerprint density at radius 1 is 1.71 bits per heavy atom. The minimum absolute atomic E-state index is 0.0877. The highest BCUT2D eigenvalue weighted by Gasteiger charge is 2.21. The summed E-state index contributed by atoms with van der Waals surface area (Å²) in [6.45, 7) is 1.66. The molecule has 2 N–H and O–H groups in total. The third-order valence-electron chi connectivity index (χ3n) is 1.91. The van der Waals surface area contributed by atoms with Gasteiger partial charge in [-0.05, 0) is 13.0 Å². The highest BCUT2D eigenvalue weighted by atomic mass is 19.3. The first-order valence-electron chi connectivity index (χ1n) is 4.67. The van der Waals surface area contributed by atoms with Gasteiger partial charge >= 0.3 is 5.97 Å². The molecular formula is C10H9F2N3O2. The van der Waals surface area contributed by atoms with Crippen molar-refractivity contribution < 1.29 is 18.3 Å². The van der Waals surface area contributed by atoms with E-state index in [1.165, 1.54) is 6.07 Å². The van der Waals surface area contributed by atoms with Crippen molar-refractivity contribution in [3.63, 3.8) is 0 Å². The van der Waals surface area contributed by atoms with E-state index in [9.17, 15) is 13.6 Å². The van der Waals surface area contributed by atoms with Gasteiger partial charge in [-0.25, -0.2) is 18.6 Å². The van der Waals surface area contributed by atoms with Crippen LogP contribution in [0.3, 0.4) is 0 Å². The van der Waals surface area contributed by atoms with E-state index in [4.69, 9.17) is 11.0 Å². The van der Waals surface area contributed by atoms with E-state index >= 15 is 0 Å². The van der Waals surface area contributed by atoms with E-state index in [1.807, 2.05) is 0 Å². The van der Waals surface area contributed by atoms with Gasteiger partial charge in [0.25, 0.3) is 6.43 Å². The van der Waals surface area contributed by atoms with Crippen molar-refractivity contribution >= 4 is 11.8 Å². The first-order chi connectivity index (χ1) is 8.01. The Morgan fingerprint density at radius 3 is 2.82 bits per heavy atom. The number of esters is 1. The molecule has 5 nitrogen and oxygen atoms in total. The summed E-state index contributed by atoms with van der Waals surface area (Å²) in [6, 6.07) is 2.34. The molecule has 0 aromatic carbocycles. The minimum Gasteiger partial charge on any atom is -0.461 e. The molecule has 0 spiro atoms. The zero-order valence-corrected chi connectivity index (χ0v) is 8.91. The fourth-order valence-corrected chi connectivity index (χ4v) is 1.19. The summed E-state index contributed by atoms with van der Waals surface area (Å²) in [4.78, 5) is 14.9.